The summed E-state index contributed by atoms with van der Waals surface area (Å²) in [6.07, 6.45) is 3.13. The molecule has 0 saturated carbocycles. The molecule has 9 heteroatoms. The molecule has 41 heavy (non-hydrogen) atoms. The molecule has 0 aliphatic carbocycles. The number of para-hydroxylation sites is 2. The van der Waals surface area contributed by atoms with Gasteiger partial charge >= 0.3 is 16.5 Å². The van der Waals surface area contributed by atoms with Crippen molar-refractivity contribution < 1.29 is 26.7 Å². The maximum Gasteiger partial charge on any atom is 2.00 e. The molecule has 4 aromatic carbocycles. The summed E-state index contributed by atoms with van der Waals surface area (Å²) in [6, 6.07) is 33.5. The molecule has 0 radical (unpaired) electrons. The fraction of sp³-hybridized carbons (Fsp3) is 0. The van der Waals surface area contributed by atoms with Crippen LogP contribution in [-0.4, -0.2) is 22.4 Å². The van der Waals surface area contributed by atoms with Crippen molar-refractivity contribution >= 4 is 45.4 Å². The number of hydrogen-bond acceptors (Lipinski definition) is 8. The van der Waals surface area contributed by atoms with Crippen molar-refractivity contribution in [3.05, 3.63) is 131 Å². The first-order valence-corrected chi connectivity index (χ1v) is 14.0. The second-order valence-electron chi connectivity index (χ2n) is 8.35. The van der Waals surface area contributed by atoms with Crippen LogP contribution in [0.1, 0.15) is 11.1 Å². The van der Waals surface area contributed by atoms with Crippen molar-refractivity contribution in [2.45, 2.75) is 0 Å². The van der Waals surface area contributed by atoms with Gasteiger partial charge in [0, 0.05) is 34.3 Å². The molecule has 0 bridgehead atoms. The summed E-state index contributed by atoms with van der Waals surface area (Å²) in [6.45, 7) is 0. The molecule has 0 fully saturated rings. The van der Waals surface area contributed by atoms with Gasteiger partial charge < -0.3 is 10.2 Å². The molecular formula is C32H22N4NiO2S2. The molecule has 0 amide bonds. The van der Waals surface area contributed by atoms with Crippen LogP contribution in [0.25, 0.3) is 22.5 Å². The Morgan fingerprint density at radius 3 is 1.27 bits per heavy atom. The van der Waals surface area contributed by atoms with Gasteiger partial charge in [0.2, 0.25) is 10.3 Å². The number of nitrogens with zero attached hydrogens (tertiary/aromatic N) is 4. The number of rotatable bonds is 6. The van der Waals surface area contributed by atoms with Crippen LogP contribution < -0.4 is 10.2 Å². The molecular weight excluding hydrogens is 595 g/mol. The Balaban J connectivity index is 0.000000184. The quantitative estimate of drug-likeness (QED) is 0.145. The Labute approximate surface area is 256 Å². The number of benzene rings is 4. The molecule has 204 valence electrons. The van der Waals surface area contributed by atoms with Gasteiger partial charge in [-0.1, -0.05) is 109 Å². The molecule has 0 spiro atoms. The Bertz CT molecular complexity index is 1610. The molecule has 0 unspecified atom stereocenters. The largest absolute Gasteiger partial charge is 2.00 e. The minimum absolute atomic E-state index is 0. The molecule has 0 atom stereocenters. The predicted molar refractivity (Wildman–Crippen MR) is 161 cm³/mol. The Kier molecular flexibility index (Phi) is 10.7. The third-order valence-corrected chi connectivity index (χ3v) is 7.09. The van der Waals surface area contributed by atoms with Crippen molar-refractivity contribution in [3.8, 4) is 34.0 Å². The second-order valence-corrected chi connectivity index (χ2v) is 10.0. The fourth-order valence-electron chi connectivity index (χ4n) is 3.55. The van der Waals surface area contributed by atoms with Crippen LogP contribution in [0.5, 0.6) is 11.5 Å². The van der Waals surface area contributed by atoms with E-state index in [0.717, 1.165) is 22.5 Å². The molecule has 0 aliphatic heterocycles. The smallest absolute Gasteiger partial charge is 0.872 e. The molecule has 0 saturated heterocycles. The standard InChI is InChI=1S/2C16H12N2OS.Ni/c2*19-15-9-5-4-8-13(15)10-17-16-18-14(11-20-16)12-6-2-1-3-7-12;/h2*1-11,19H;/q;;+2/p-2/b2*17-10+;. The maximum absolute atomic E-state index is 11.6. The summed E-state index contributed by atoms with van der Waals surface area (Å²) in [7, 11) is 0. The van der Waals surface area contributed by atoms with E-state index in [1.165, 1.54) is 34.8 Å². The Morgan fingerprint density at radius 2 is 0.878 bits per heavy atom. The molecule has 0 aliphatic rings. The van der Waals surface area contributed by atoms with Crippen molar-refractivity contribution in [3.63, 3.8) is 0 Å². The number of aromatic nitrogens is 2. The zero-order valence-electron chi connectivity index (χ0n) is 21.4. The molecule has 6 rings (SSSR count). The summed E-state index contributed by atoms with van der Waals surface area (Å²) in [5, 5.41) is 28.3. The number of aliphatic imine (C=N–C) groups is 2. The maximum atomic E-state index is 11.6. The average Bonchev–Trinajstić information content (AvgIpc) is 3.68. The van der Waals surface area contributed by atoms with Gasteiger partial charge in [0.05, 0.1) is 11.4 Å². The zero-order chi connectivity index (χ0) is 27.6. The van der Waals surface area contributed by atoms with Crippen LogP contribution in [0.15, 0.2) is 130 Å². The van der Waals surface area contributed by atoms with Crippen molar-refractivity contribution in [2.24, 2.45) is 9.98 Å². The van der Waals surface area contributed by atoms with Gasteiger partial charge in [-0.3, -0.25) is 0 Å². The van der Waals surface area contributed by atoms with E-state index in [2.05, 4.69) is 20.0 Å². The monoisotopic (exact) mass is 616 g/mol. The summed E-state index contributed by atoms with van der Waals surface area (Å²) >= 11 is 2.92. The summed E-state index contributed by atoms with van der Waals surface area (Å²) in [5.74, 6) is -0.0628. The Morgan fingerprint density at radius 1 is 0.512 bits per heavy atom. The van der Waals surface area contributed by atoms with Gasteiger partial charge in [0.25, 0.3) is 0 Å². The van der Waals surface area contributed by atoms with E-state index in [1.54, 1.807) is 36.7 Å². The normalized spacial score (nSPS) is 10.7. The molecule has 6 aromatic rings. The van der Waals surface area contributed by atoms with Crippen LogP contribution in [0, 0.1) is 0 Å². The zero-order valence-corrected chi connectivity index (χ0v) is 24.1. The summed E-state index contributed by atoms with van der Waals surface area (Å²) in [4.78, 5) is 17.4. The van der Waals surface area contributed by atoms with E-state index < -0.39 is 0 Å². The van der Waals surface area contributed by atoms with Crippen LogP contribution >= 0.6 is 22.7 Å². The summed E-state index contributed by atoms with van der Waals surface area (Å²) < 4.78 is 0. The molecule has 0 N–H and O–H groups in total. The minimum atomic E-state index is -0.0314. The first-order valence-electron chi connectivity index (χ1n) is 12.3. The SMILES string of the molecule is [Ni+2].[O-]c1ccccc1/C=N/c1nc(-c2ccccc2)cs1.[O-]c1ccccc1/C=N/c1nc(-c2ccccc2)cs1. The van der Waals surface area contributed by atoms with E-state index in [-0.39, 0.29) is 28.0 Å². The van der Waals surface area contributed by atoms with Gasteiger partial charge in [-0.05, 0) is 11.1 Å². The van der Waals surface area contributed by atoms with E-state index in [9.17, 15) is 10.2 Å². The predicted octanol–water partition coefficient (Wildman–Crippen LogP) is 7.27. The average molecular weight is 617 g/mol. The van der Waals surface area contributed by atoms with E-state index in [1.807, 2.05) is 83.6 Å². The van der Waals surface area contributed by atoms with Gasteiger partial charge in [-0.25, -0.2) is 20.0 Å². The van der Waals surface area contributed by atoms with Crippen molar-refractivity contribution in [1.82, 2.24) is 9.97 Å². The van der Waals surface area contributed by atoms with Gasteiger partial charge in [0.1, 0.15) is 0 Å². The van der Waals surface area contributed by atoms with Gasteiger partial charge in [-0.2, -0.15) is 0 Å². The van der Waals surface area contributed by atoms with E-state index in [4.69, 9.17) is 0 Å². The van der Waals surface area contributed by atoms with E-state index in [0.29, 0.717) is 21.4 Å². The van der Waals surface area contributed by atoms with Crippen LogP contribution in [0.4, 0.5) is 10.3 Å². The van der Waals surface area contributed by atoms with Gasteiger partial charge in [0.15, 0.2) is 0 Å². The van der Waals surface area contributed by atoms with Gasteiger partial charge in [-0.15, -0.1) is 34.2 Å². The first kappa shape index (κ1) is 29.6. The molecule has 6 nitrogen and oxygen atoms in total. The second kappa shape index (κ2) is 14.8. The fourth-order valence-corrected chi connectivity index (χ4v) is 4.89. The Hall–Kier alpha value is -4.43. The number of thiazole rings is 2. The first-order chi connectivity index (χ1) is 19.7. The minimum Gasteiger partial charge on any atom is -0.872 e. The molecule has 2 aromatic heterocycles. The van der Waals surface area contributed by atoms with Crippen molar-refractivity contribution in [1.29, 1.82) is 0 Å². The molecule has 2 heterocycles. The van der Waals surface area contributed by atoms with Crippen LogP contribution in [0.3, 0.4) is 0 Å². The topological polar surface area (TPSA) is 96.6 Å². The van der Waals surface area contributed by atoms with Crippen LogP contribution in [0.2, 0.25) is 0 Å². The summed E-state index contributed by atoms with van der Waals surface area (Å²) in [5.41, 5.74) is 5.08. The van der Waals surface area contributed by atoms with E-state index >= 15 is 0 Å². The van der Waals surface area contributed by atoms with Crippen LogP contribution in [-0.2, 0) is 16.5 Å². The van der Waals surface area contributed by atoms with Crippen molar-refractivity contribution in [2.75, 3.05) is 0 Å². The third kappa shape index (κ3) is 8.28. The third-order valence-electron chi connectivity index (χ3n) is 5.59. The number of hydrogen-bond donors (Lipinski definition) is 0.